The second-order valence-corrected chi connectivity index (χ2v) is 8.07. The van der Waals surface area contributed by atoms with Gasteiger partial charge in [-0.2, -0.15) is 5.10 Å². The third kappa shape index (κ3) is 4.16. The zero-order chi connectivity index (χ0) is 20.3. The van der Waals surface area contributed by atoms with Crippen LogP contribution >= 0.6 is 0 Å². The van der Waals surface area contributed by atoms with Crippen LogP contribution in [0.1, 0.15) is 43.9 Å². The highest BCUT2D eigenvalue weighted by Crippen LogP contribution is 2.33. The lowest BCUT2D eigenvalue weighted by atomic mass is 10.0. The molecule has 0 bridgehead atoms. The molecule has 1 aliphatic carbocycles. The fourth-order valence-corrected chi connectivity index (χ4v) is 4.12. The van der Waals surface area contributed by atoms with Crippen molar-refractivity contribution in [1.82, 2.24) is 39.6 Å². The first-order chi connectivity index (χ1) is 14.8. The molecule has 2 aliphatic rings. The van der Waals surface area contributed by atoms with Crippen molar-refractivity contribution in [3.8, 4) is 5.82 Å². The Hall–Kier alpha value is -2.94. The Morgan fingerprint density at radius 1 is 0.933 bits per heavy atom. The first-order valence-corrected chi connectivity index (χ1v) is 10.8. The molecule has 0 atom stereocenters. The number of aryl methyl sites for hydroxylation is 1. The molecule has 0 unspecified atom stereocenters. The van der Waals surface area contributed by atoms with Gasteiger partial charge in [-0.1, -0.05) is 6.92 Å². The van der Waals surface area contributed by atoms with E-state index >= 15 is 0 Å². The average Bonchev–Trinajstić information content (AvgIpc) is 3.51. The van der Waals surface area contributed by atoms with Crippen LogP contribution in [-0.4, -0.2) is 64.8 Å². The number of hydrogen-bond donors (Lipinski definition) is 0. The summed E-state index contributed by atoms with van der Waals surface area (Å²) in [5.41, 5.74) is 2.19. The largest absolute Gasteiger partial charge is 0.341 e. The van der Waals surface area contributed by atoms with Crippen LogP contribution in [0.4, 0.5) is 5.95 Å². The molecule has 9 nitrogen and oxygen atoms in total. The first-order valence-electron chi connectivity index (χ1n) is 10.8. The predicted molar refractivity (Wildman–Crippen MR) is 112 cm³/mol. The number of hydrogen-bond acceptors (Lipinski definition) is 8. The Labute approximate surface area is 176 Å². The van der Waals surface area contributed by atoms with E-state index in [-0.39, 0.29) is 0 Å². The van der Waals surface area contributed by atoms with E-state index < -0.39 is 0 Å². The summed E-state index contributed by atoms with van der Waals surface area (Å²) in [6.45, 7) is 4.97. The zero-order valence-corrected chi connectivity index (χ0v) is 17.3. The number of piperidine rings is 1. The van der Waals surface area contributed by atoms with E-state index in [0.29, 0.717) is 17.9 Å². The lowest BCUT2D eigenvalue weighted by molar-refractivity contribution is 0.149. The summed E-state index contributed by atoms with van der Waals surface area (Å²) >= 11 is 0. The summed E-state index contributed by atoms with van der Waals surface area (Å²) in [4.78, 5) is 27.2. The summed E-state index contributed by atoms with van der Waals surface area (Å²) in [5.74, 6) is 1.55. The van der Waals surface area contributed by atoms with Gasteiger partial charge in [-0.05, 0) is 37.7 Å². The van der Waals surface area contributed by atoms with Gasteiger partial charge in [0, 0.05) is 44.1 Å². The predicted octanol–water partition coefficient (Wildman–Crippen LogP) is 2.04. The Balaban J connectivity index is 1.21. The average molecular weight is 406 g/mol. The zero-order valence-electron chi connectivity index (χ0n) is 17.3. The molecule has 3 aromatic rings. The van der Waals surface area contributed by atoms with Crippen molar-refractivity contribution in [2.24, 2.45) is 0 Å². The molecule has 1 saturated heterocycles. The Morgan fingerprint density at radius 2 is 1.70 bits per heavy atom. The standard InChI is InChI=1S/C21H27N9/c1-2-16-9-25-21(26-10-16)28-7-5-19(6-8-28)29(18-3-4-18)13-17-11-24-20(12-23-17)30-15-22-14-27-30/h9-12,14-15,18-19H,2-8,13H2,1H3. The second kappa shape index (κ2) is 8.43. The summed E-state index contributed by atoms with van der Waals surface area (Å²) < 4.78 is 1.63. The fourth-order valence-electron chi connectivity index (χ4n) is 4.12. The van der Waals surface area contributed by atoms with Crippen LogP contribution in [0.5, 0.6) is 0 Å². The highest BCUT2D eigenvalue weighted by Gasteiger charge is 2.36. The molecule has 156 valence electrons. The van der Waals surface area contributed by atoms with Crippen molar-refractivity contribution >= 4 is 5.95 Å². The number of anilines is 1. The fraction of sp³-hybridized carbons (Fsp3) is 0.524. The molecule has 0 radical (unpaired) electrons. The van der Waals surface area contributed by atoms with E-state index in [1.54, 1.807) is 17.2 Å². The van der Waals surface area contributed by atoms with Crippen LogP contribution in [0.15, 0.2) is 37.4 Å². The van der Waals surface area contributed by atoms with E-state index in [1.807, 2.05) is 18.6 Å². The van der Waals surface area contributed by atoms with Crippen LogP contribution in [0, 0.1) is 0 Å². The lowest BCUT2D eigenvalue weighted by Crippen LogP contribution is -2.46. The van der Waals surface area contributed by atoms with Gasteiger partial charge in [-0.3, -0.25) is 9.88 Å². The maximum absolute atomic E-state index is 4.64. The van der Waals surface area contributed by atoms with Crippen molar-refractivity contribution in [3.63, 3.8) is 0 Å². The van der Waals surface area contributed by atoms with Crippen molar-refractivity contribution in [1.29, 1.82) is 0 Å². The molecule has 3 aromatic heterocycles. The molecule has 1 saturated carbocycles. The molecule has 0 spiro atoms. The van der Waals surface area contributed by atoms with Gasteiger partial charge in [0.25, 0.3) is 0 Å². The topological polar surface area (TPSA) is 88.8 Å². The van der Waals surface area contributed by atoms with Gasteiger partial charge >= 0.3 is 0 Å². The molecule has 0 aromatic carbocycles. The minimum Gasteiger partial charge on any atom is -0.341 e. The Morgan fingerprint density at radius 3 is 2.30 bits per heavy atom. The van der Waals surface area contributed by atoms with Crippen LogP contribution in [0.2, 0.25) is 0 Å². The van der Waals surface area contributed by atoms with Gasteiger partial charge < -0.3 is 4.90 Å². The Kier molecular flexibility index (Phi) is 5.35. The van der Waals surface area contributed by atoms with Crippen molar-refractivity contribution in [3.05, 3.63) is 48.7 Å². The highest BCUT2D eigenvalue weighted by molar-refractivity contribution is 5.30. The third-order valence-corrected chi connectivity index (χ3v) is 6.02. The number of rotatable bonds is 7. The minimum atomic E-state index is 0.570. The minimum absolute atomic E-state index is 0.570. The molecule has 5 rings (SSSR count). The second-order valence-electron chi connectivity index (χ2n) is 8.07. The molecule has 30 heavy (non-hydrogen) atoms. The van der Waals surface area contributed by atoms with Crippen LogP contribution in [0.3, 0.4) is 0 Å². The molecule has 9 heteroatoms. The monoisotopic (exact) mass is 405 g/mol. The summed E-state index contributed by atoms with van der Waals surface area (Å²) in [5, 5.41) is 4.11. The van der Waals surface area contributed by atoms with Gasteiger partial charge in [0.2, 0.25) is 5.95 Å². The summed E-state index contributed by atoms with van der Waals surface area (Å²) in [7, 11) is 0. The number of aromatic nitrogens is 7. The maximum atomic E-state index is 4.64. The van der Waals surface area contributed by atoms with Crippen LogP contribution in [0.25, 0.3) is 5.82 Å². The van der Waals surface area contributed by atoms with Crippen molar-refractivity contribution < 1.29 is 0 Å². The van der Waals surface area contributed by atoms with Crippen molar-refractivity contribution in [2.45, 2.75) is 57.7 Å². The van der Waals surface area contributed by atoms with E-state index in [9.17, 15) is 0 Å². The van der Waals surface area contributed by atoms with Gasteiger partial charge in [0.15, 0.2) is 5.82 Å². The van der Waals surface area contributed by atoms with E-state index in [2.05, 4.69) is 46.7 Å². The van der Waals surface area contributed by atoms with Gasteiger partial charge in [0.1, 0.15) is 12.7 Å². The first kappa shape index (κ1) is 19.0. The molecular formula is C21H27N9. The van der Waals surface area contributed by atoms with Gasteiger partial charge in [-0.15, -0.1) is 0 Å². The molecule has 0 N–H and O–H groups in total. The summed E-state index contributed by atoms with van der Waals surface area (Å²) in [6.07, 6.45) is 16.5. The van der Waals surface area contributed by atoms with Crippen LogP contribution in [-0.2, 0) is 13.0 Å². The molecule has 1 aliphatic heterocycles. The highest BCUT2D eigenvalue weighted by atomic mass is 15.3. The van der Waals surface area contributed by atoms with E-state index in [1.165, 1.54) is 24.7 Å². The van der Waals surface area contributed by atoms with Crippen LogP contribution < -0.4 is 4.90 Å². The quantitative estimate of drug-likeness (QED) is 0.590. The Bertz CT molecular complexity index is 928. The van der Waals surface area contributed by atoms with Gasteiger partial charge in [0.05, 0.1) is 18.1 Å². The molecule has 2 fully saturated rings. The molecular weight excluding hydrogens is 378 g/mol. The van der Waals surface area contributed by atoms with E-state index in [4.69, 9.17) is 0 Å². The smallest absolute Gasteiger partial charge is 0.225 e. The van der Waals surface area contributed by atoms with Crippen molar-refractivity contribution in [2.75, 3.05) is 18.0 Å². The molecule has 0 amide bonds. The third-order valence-electron chi connectivity index (χ3n) is 6.02. The SMILES string of the molecule is CCc1cnc(N2CCC(N(Cc3cnc(-n4cncn4)cn3)C3CC3)CC2)nc1. The molecule has 4 heterocycles. The normalized spacial score (nSPS) is 17.6. The van der Waals surface area contributed by atoms with E-state index in [0.717, 1.165) is 50.5 Å². The number of nitrogens with zero attached hydrogens (tertiary/aromatic N) is 9. The maximum Gasteiger partial charge on any atom is 0.225 e. The summed E-state index contributed by atoms with van der Waals surface area (Å²) in [6, 6.07) is 1.25. The van der Waals surface area contributed by atoms with Gasteiger partial charge in [-0.25, -0.2) is 24.6 Å². The lowest BCUT2D eigenvalue weighted by Gasteiger charge is -2.38.